The predicted molar refractivity (Wildman–Crippen MR) is 52.4 cm³/mol. The van der Waals surface area contributed by atoms with E-state index in [-0.39, 0.29) is 11.8 Å². The van der Waals surface area contributed by atoms with E-state index in [1.807, 2.05) is 19.1 Å². The molecule has 0 radical (unpaired) electrons. The lowest BCUT2D eigenvalue weighted by Gasteiger charge is -2.21. The highest BCUT2D eigenvalue weighted by atomic mass is 16.1. The molecule has 0 saturated heterocycles. The Kier molecular flexibility index (Phi) is 1.72. The van der Waals surface area contributed by atoms with Crippen molar-refractivity contribution in [3.63, 3.8) is 0 Å². The van der Waals surface area contributed by atoms with Crippen LogP contribution in [0.1, 0.15) is 12.5 Å². The molecule has 1 atom stereocenters. The predicted octanol–water partition coefficient (Wildman–Crippen LogP) is 1.40. The summed E-state index contributed by atoms with van der Waals surface area (Å²) in [5, 5.41) is 2.84. The topological polar surface area (TPSA) is 55.1 Å². The summed E-state index contributed by atoms with van der Waals surface area (Å²) >= 11 is 0. The van der Waals surface area contributed by atoms with Gasteiger partial charge in [0.05, 0.1) is 0 Å². The molecule has 68 valence electrons. The maximum absolute atomic E-state index is 11.3. The van der Waals surface area contributed by atoms with Gasteiger partial charge in [-0.25, -0.2) is 0 Å². The Labute approximate surface area is 76.9 Å². The summed E-state index contributed by atoms with van der Waals surface area (Å²) in [5.74, 6) is 0.145. The molecule has 0 spiro atoms. The number of nitrogens with one attached hydrogen (secondary N) is 1. The van der Waals surface area contributed by atoms with Crippen molar-refractivity contribution < 1.29 is 4.79 Å². The Morgan fingerprint density at radius 2 is 2.31 bits per heavy atom. The standard InChI is InChI=1S/C10H12N2O/c1-6-4-7-5-8(11)2-3-9(7)12-10(6)13/h2-3,5-6H,4,11H2,1H3,(H,12,13)/t6-/m0/s1. The summed E-state index contributed by atoms with van der Waals surface area (Å²) in [5.41, 5.74) is 8.43. The van der Waals surface area contributed by atoms with Crippen molar-refractivity contribution in [1.82, 2.24) is 0 Å². The van der Waals surface area contributed by atoms with E-state index in [1.165, 1.54) is 0 Å². The number of hydrogen-bond donors (Lipinski definition) is 2. The monoisotopic (exact) mass is 176 g/mol. The molecule has 0 fully saturated rings. The lowest BCUT2D eigenvalue weighted by Crippen LogP contribution is -2.27. The van der Waals surface area contributed by atoms with Crippen molar-refractivity contribution in [2.24, 2.45) is 5.92 Å². The van der Waals surface area contributed by atoms with Gasteiger partial charge in [0, 0.05) is 17.3 Å². The first-order valence-electron chi connectivity index (χ1n) is 4.36. The highest BCUT2D eigenvalue weighted by Gasteiger charge is 2.21. The van der Waals surface area contributed by atoms with Gasteiger partial charge in [0.25, 0.3) is 0 Å². The first-order chi connectivity index (χ1) is 6.16. The van der Waals surface area contributed by atoms with Crippen LogP contribution in [0.4, 0.5) is 11.4 Å². The van der Waals surface area contributed by atoms with E-state index in [0.29, 0.717) is 0 Å². The minimum Gasteiger partial charge on any atom is -0.399 e. The molecule has 1 aliphatic rings. The maximum Gasteiger partial charge on any atom is 0.227 e. The van der Waals surface area contributed by atoms with Crippen LogP contribution in [0, 0.1) is 5.92 Å². The first-order valence-corrected chi connectivity index (χ1v) is 4.36. The molecule has 1 aromatic rings. The summed E-state index contributed by atoms with van der Waals surface area (Å²) in [6.07, 6.45) is 0.784. The van der Waals surface area contributed by atoms with Crippen LogP contribution in [-0.2, 0) is 11.2 Å². The molecular weight excluding hydrogens is 164 g/mol. The Morgan fingerprint density at radius 3 is 3.08 bits per heavy atom. The van der Waals surface area contributed by atoms with Crippen molar-refractivity contribution in [1.29, 1.82) is 0 Å². The minimum absolute atomic E-state index is 0.0503. The molecule has 1 aromatic carbocycles. The summed E-state index contributed by atoms with van der Waals surface area (Å²) in [7, 11) is 0. The largest absolute Gasteiger partial charge is 0.399 e. The van der Waals surface area contributed by atoms with Crippen LogP contribution < -0.4 is 11.1 Å². The highest BCUT2D eigenvalue weighted by molar-refractivity contribution is 5.95. The van der Waals surface area contributed by atoms with Crippen LogP contribution >= 0.6 is 0 Å². The number of fused-ring (bicyclic) bond motifs is 1. The second-order valence-electron chi connectivity index (χ2n) is 3.51. The average Bonchev–Trinajstić information content (AvgIpc) is 2.08. The van der Waals surface area contributed by atoms with E-state index >= 15 is 0 Å². The highest BCUT2D eigenvalue weighted by Crippen LogP contribution is 2.26. The number of carbonyl (C=O) groups excluding carboxylic acids is 1. The number of rotatable bonds is 0. The van der Waals surface area contributed by atoms with Gasteiger partial charge in [-0.15, -0.1) is 0 Å². The van der Waals surface area contributed by atoms with Gasteiger partial charge >= 0.3 is 0 Å². The van der Waals surface area contributed by atoms with E-state index in [1.54, 1.807) is 6.07 Å². The maximum atomic E-state index is 11.3. The van der Waals surface area contributed by atoms with E-state index in [0.717, 1.165) is 23.4 Å². The van der Waals surface area contributed by atoms with Crippen molar-refractivity contribution in [3.05, 3.63) is 23.8 Å². The SMILES string of the molecule is C[C@H]1Cc2cc(N)ccc2NC1=O. The van der Waals surface area contributed by atoms with Gasteiger partial charge < -0.3 is 11.1 Å². The average molecular weight is 176 g/mol. The smallest absolute Gasteiger partial charge is 0.227 e. The van der Waals surface area contributed by atoms with E-state index in [2.05, 4.69) is 5.32 Å². The molecule has 0 bridgehead atoms. The zero-order valence-electron chi connectivity index (χ0n) is 7.50. The van der Waals surface area contributed by atoms with Crippen LogP contribution in [0.25, 0.3) is 0 Å². The molecule has 2 rings (SSSR count). The van der Waals surface area contributed by atoms with Gasteiger partial charge in [-0.05, 0) is 30.2 Å². The molecule has 1 aliphatic heterocycles. The lowest BCUT2D eigenvalue weighted by atomic mass is 9.94. The molecule has 1 heterocycles. The van der Waals surface area contributed by atoms with Crippen LogP contribution in [0.3, 0.4) is 0 Å². The molecule has 3 nitrogen and oxygen atoms in total. The number of carbonyl (C=O) groups is 1. The third-order valence-electron chi connectivity index (χ3n) is 2.36. The number of benzene rings is 1. The van der Waals surface area contributed by atoms with Crippen LogP contribution in [0.5, 0.6) is 0 Å². The zero-order valence-corrected chi connectivity index (χ0v) is 7.50. The van der Waals surface area contributed by atoms with Crippen LogP contribution in [-0.4, -0.2) is 5.91 Å². The molecule has 0 saturated carbocycles. The Bertz CT molecular complexity index is 360. The van der Waals surface area contributed by atoms with Gasteiger partial charge in [0.2, 0.25) is 5.91 Å². The Hall–Kier alpha value is -1.51. The number of anilines is 2. The quantitative estimate of drug-likeness (QED) is 0.587. The second kappa shape index (κ2) is 2.76. The normalized spacial score (nSPS) is 20.7. The van der Waals surface area contributed by atoms with E-state index in [4.69, 9.17) is 5.73 Å². The molecule has 0 unspecified atom stereocenters. The molecule has 0 aromatic heterocycles. The fourth-order valence-corrected chi connectivity index (χ4v) is 1.58. The molecule has 3 heteroatoms. The van der Waals surface area contributed by atoms with Crippen LogP contribution in [0.2, 0.25) is 0 Å². The van der Waals surface area contributed by atoms with E-state index in [9.17, 15) is 4.79 Å². The van der Waals surface area contributed by atoms with Gasteiger partial charge in [0.15, 0.2) is 0 Å². The third kappa shape index (κ3) is 1.37. The Balaban J connectivity index is 2.42. The number of amides is 1. The summed E-state index contributed by atoms with van der Waals surface area (Å²) in [6.45, 7) is 1.92. The molecule has 1 amide bonds. The van der Waals surface area contributed by atoms with Gasteiger partial charge in [-0.3, -0.25) is 4.79 Å². The lowest BCUT2D eigenvalue weighted by molar-refractivity contribution is -0.119. The van der Waals surface area contributed by atoms with Crippen molar-refractivity contribution in [2.75, 3.05) is 11.1 Å². The fourth-order valence-electron chi connectivity index (χ4n) is 1.58. The summed E-state index contributed by atoms with van der Waals surface area (Å²) in [4.78, 5) is 11.3. The van der Waals surface area contributed by atoms with E-state index < -0.39 is 0 Å². The fraction of sp³-hybridized carbons (Fsp3) is 0.300. The Morgan fingerprint density at radius 1 is 1.54 bits per heavy atom. The van der Waals surface area contributed by atoms with Crippen LogP contribution in [0.15, 0.2) is 18.2 Å². The minimum atomic E-state index is 0.0503. The third-order valence-corrected chi connectivity index (χ3v) is 2.36. The van der Waals surface area contributed by atoms with Gasteiger partial charge in [-0.1, -0.05) is 6.92 Å². The number of nitrogens with two attached hydrogens (primary N) is 1. The van der Waals surface area contributed by atoms with Crippen molar-refractivity contribution >= 4 is 17.3 Å². The molecular formula is C10H12N2O. The van der Waals surface area contributed by atoms with Crippen molar-refractivity contribution in [2.45, 2.75) is 13.3 Å². The number of nitrogen functional groups attached to an aromatic ring is 1. The zero-order chi connectivity index (χ0) is 9.42. The second-order valence-corrected chi connectivity index (χ2v) is 3.51. The van der Waals surface area contributed by atoms with Gasteiger partial charge in [-0.2, -0.15) is 0 Å². The summed E-state index contributed by atoms with van der Waals surface area (Å²) < 4.78 is 0. The molecule has 0 aliphatic carbocycles. The molecule has 13 heavy (non-hydrogen) atoms. The van der Waals surface area contributed by atoms with Crippen molar-refractivity contribution in [3.8, 4) is 0 Å². The first kappa shape index (κ1) is 8.10. The number of hydrogen-bond acceptors (Lipinski definition) is 2. The molecule has 3 N–H and O–H groups in total. The van der Waals surface area contributed by atoms with Gasteiger partial charge in [0.1, 0.15) is 0 Å². The summed E-state index contributed by atoms with van der Waals surface area (Å²) in [6, 6.07) is 5.58.